The standard InChI is InChI=1S/C12H21N.C4H4O4/c1-13-6-2-5-12(9-13)8-10-3-4-11(12)7-10;5-3(6)1-2-4(7)8/h10-11H,2-9H2,1H3;1-2H,(H,5,6)(H,7,8)/b;2-1+. The van der Waals surface area contributed by atoms with Crippen LogP contribution in [0.15, 0.2) is 12.2 Å². The number of nitrogens with zero attached hydrogens (tertiary/aromatic N) is 1. The zero-order valence-corrected chi connectivity index (χ0v) is 12.6. The molecule has 0 radical (unpaired) electrons. The predicted molar refractivity (Wildman–Crippen MR) is 79.0 cm³/mol. The molecular weight excluding hydrogens is 270 g/mol. The summed E-state index contributed by atoms with van der Waals surface area (Å²) in [5.74, 6) is -0.281. The first-order valence-corrected chi connectivity index (χ1v) is 7.74. The minimum absolute atomic E-state index is 0.558. The van der Waals surface area contributed by atoms with E-state index in [2.05, 4.69) is 11.9 Å². The fourth-order valence-corrected chi connectivity index (χ4v) is 4.60. The van der Waals surface area contributed by atoms with Crippen molar-refractivity contribution in [1.82, 2.24) is 4.90 Å². The number of carbonyl (C=O) groups is 2. The zero-order chi connectivity index (χ0) is 15.5. The van der Waals surface area contributed by atoms with Crippen LogP contribution >= 0.6 is 0 Å². The first kappa shape index (κ1) is 16.0. The van der Waals surface area contributed by atoms with Gasteiger partial charge in [-0.05, 0) is 62.9 Å². The Morgan fingerprint density at radius 1 is 1.19 bits per heavy atom. The summed E-state index contributed by atoms with van der Waals surface area (Å²) in [6, 6.07) is 0. The van der Waals surface area contributed by atoms with Gasteiger partial charge in [-0.1, -0.05) is 6.42 Å². The number of likely N-dealkylation sites (tertiary alicyclic amines) is 1. The van der Waals surface area contributed by atoms with Gasteiger partial charge in [-0.25, -0.2) is 9.59 Å². The Bertz CT molecular complexity index is 418. The minimum atomic E-state index is -1.26. The lowest BCUT2D eigenvalue weighted by molar-refractivity contribution is -0.134. The highest BCUT2D eigenvalue weighted by molar-refractivity contribution is 5.89. The van der Waals surface area contributed by atoms with Crippen LogP contribution < -0.4 is 0 Å². The number of rotatable bonds is 2. The molecule has 1 heterocycles. The molecule has 3 unspecified atom stereocenters. The molecule has 5 heteroatoms. The Labute approximate surface area is 125 Å². The number of hydrogen-bond donors (Lipinski definition) is 2. The molecule has 0 amide bonds. The van der Waals surface area contributed by atoms with Crippen LogP contribution in [0.3, 0.4) is 0 Å². The second-order valence-corrected chi connectivity index (χ2v) is 6.79. The van der Waals surface area contributed by atoms with E-state index in [-0.39, 0.29) is 0 Å². The summed E-state index contributed by atoms with van der Waals surface area (Å²) in [6.45, 7) is 2.76. The highest BCUT2D eigenvalue weighted by Gasteiger charge is 2.51. The van der Waals surface area contributed by atoms with E-state index in [9.17, 15) is 9.59 Å². The molecule has 5 nitrogen and oxygen atoms in total. The van der Waals surface area contributed by atoms with Crippen molar-refractivity contribution in [3.05, 3.63) is 12.2 Å². The summed E-state index contributed by atoms with van der Waals surface area (Å²) in [5.41, 5.74) is 0.788. The van der Waals surface area contributed by atoms with Crippen LogP contribution in [0.25, 0.3) is 0 Å². The number of aliphatic carboxylic acids is 2. The number of carboxylic acids is 2. The molecular formula is C16H25NO4. The van der Waals surface area contributed by atoms with Crippen LogP contribution in [0.5, 0.6) is 0 Å². The maximum absolute atomic E-state index is 9.55. The third kappa shape index (κ3) is 4.06. The molecule has 2 aliphatic carbocycles. The van der Waals surface area contributed by atoms with Gasteiger partial charge in [0, 0.05) is 18.7 Å². The number of piperidine rings is 1. The monoisotopic (exact) mass is 295 g/mol. The summed E-state index contributed by atoms with van der Waals surface area (Å²) in [4.78, 5) is 21.7. The maximum atomic E-state index is 9.55. The fourth-order valence-electron chi connectivity index (χ4n) is 4.60. The van der Waals surface area contributed by atoms with Crippen molar-refractivity contribution >= 4 is 11.9 Å². The molecule has 3 rings (SSSR count). The zero-order valence-electron chi connectivity index (χ0n) is 12.6. The van der Waals surface area contributed by atoms with Crippen molar-refractivity contribution in [2.45, 2.75) is 38.5 Å². The van der Waals surface area contributed by atoms with Crippen LogP contribution in [0.2, 0.25) is 0 Å². The van der Waals surface area contributed by atoms with Gasteiger partial charge in [-0.2, -0.15) is 0 Å². The molecule has 1 saturated heterocycles. The van der Waals surface area contributed by atoms with Crippen LogP contribution in [-0.4, -0.2) is 47.2 Å². The number of fused-ring (bicyclic) bond motifs is 3. The van der Waals surface area contributed by atoms with E-state index in [4.69, 9.17) is 10.2 Å². The van der Waals surface area contributed by atoms with Crippen LogP contribution in [-0.2, 0) is 9.59 Å². The van der Waals surface area contributed by atoms with Gasteiger partial charge in [0.15, 0.2) is 0 Å². The second-order valence-electron chi connectivity index (χ2n) is 6.79. The Morgan fingerprint density at radius 3 is 2.29 bits per heavy atom. The van der Waals surface area contributed by atoms with Crippen molar-refractivity contribution in [3.8, 4) is 0 Å². The van der Waals surface area contributed by atoms with E-state index in [1.54, 1.807) is 32.1 Å². The largest absolute Gasteiger partial charge is 0.478 e. The Morgan fingerprint density at radius 2 is 1.86 bits per heavy atom. The lowest BCUT2D eigenvalue weighted by Crippen LogP contribution is -2.44. The summed E-state index contributed by atoms with van der Waals surface area (Å²) in [6.07, 6.45) is 10.4. The van der Waals surface area contributed by atoms with Crippen LogP contribution in [0.4, 0.5) is 0 Å². The highest BCUT2D eigenvalue weighted by Crippen LogP contribution is 2.59. The fraction of sp³-hybridized carbons (Fsp3) is 0.750. The molecule has 0 aromatic heterocycles. The van der Waals surface area contributed by atoms with E-state index in [1.807, 2.05) is 0 Å². The summed E-state index contributed by atoms with van der Waals surface area (Å²) >= 11 is 0. The van der Waals surface area contributed by atoms with Gasteiger partial charge in [0.05, 0.1) is 0 Å². The Kier molecular flexibility index (Phi) is 5.04. The molecule has 118 valence electrons. The lowest BCUT2D eigenvalue weighted by Gasteiger charge is -2.44. The summed E-state index contributed by atoms with van der Waals surface area (Å²) in [5, 5.41) is 15.6. The van der Waals surface area contributed by atoms with Gasteiger partial charge in [0.2, 0.25) is 0 Å². The molecule has 0 aromatic rings. The van der Waals surface area contributed by atoms with Crippen molar-refractivity contribution in [2.24, 2.45) is 17.3 Å². The molecule has 3 atom stereocenters. The molecule has 21 heavy (non-hydrogen) atoms. The van der Waals surface area contributed by atoms with E-state index >= 15 is 0 Å². The van der Waals surface area contributed by atoms with Gasteiger partial charge in [-0.3, -0.25) is 0 Å². The summed E-state index contributed by atoms with van der Waals surface area (Å²) in [7, 11) is 2.31. The molecule has 2 bridgehead atoms. The normalized spacial score (nSPS) is 34.9. The van der Waals surface area contributed by atoms with Gasteiger partial charge >= 0.3 is 11.9 Å². The van der Waals surface area contributed by atoms with E-state index in [0.717, 1.165) is 17.3 Å². The third-order valence-electron chi connectivity index (χ3n) is 5.27. The smallest absolute Gasteiger partial charge is 0.328 e. The Hall–Kier alpha value is -1.36. The van der Waals surface area contributed by atoms with E-state index < -0.39 is 11.9 Å². The quantitative estimate of drug-likeness (QED) is 0.764. The van der Waals surface area contributed by atoms with Crippen molar-refractivity contribution in [3.63, 3.8) is 0 Å². The lowest BCUT2D eigenvalue weighted by atomic mass is 9.68. The Balaban J connectivity index is 0.000000177. The first-order chi connectivity index (χ1) is 9.91. The molecule has 2 N–H and O–H groups in total. The minimum Gasteiger partial charge on any atom is -0.478 e. The number of hydrogen-bond acceptors (Lipinski definition) is 3. The van der Waals surface area contributed by atoms with E-state index in [1.165, 1.54) is 19.5 Å². The topological polar surface area (TPSA) is 77.8 Å². The van der Waals surface area contributed by atoms with Crippen molar-refractivity contribution < 1.29 is 19.8 Å². The van der Waals surface area contributed by atoms with E-state index in [0.29, 0.717) is 12.2 Å². The van der Waals surface area contributed by atoms with Crippen molar-refractivity contribution in [1.29, 1.82) is 0 Å². The van der Waals surface area contributed by atoms with Gasteiger partial charge in [-0.15, -0.1) is 0 Å². The van der Waals surface area contributed by atoms with Gasteiger partial charge in [0.25, 0.3) is 0 Å². The van der Waals surface area contributed by atoms with Gasteiger partial charge < -0.3 is 15.1 Å². The summed E-state index contributed by atoms with van der Waals surface area (Å²) < 4.78 is 0. The molecule has 1 aliphatic heterocycles. The maximum Gasteiger partial charge on any atom is 0.328 e. The highest BCUT2D eigenvalue weighted by atomic mass is 16.4. The molecule has 0 aromatic carbocycles. The predicted octanol–water partition coefficient (Wildman–Crippen LogP) is 2.23. The molecule has 1 spiro atoms. The third-order valence-corrected chi connectivity index (χ3v) is 5.27. The number of carboxylic acid groups (broad SMARTS) is 2. The van der Waals surface area contributed by atoms with Crippen molar-refractivity contribution in [2.75, 3.05) is 20.1 Å². The molecule has 3 aliphatic rings. The SMILES string of the molecule is CN1CCCC2(CC3CCC2C3)C1.O=C(O)/C=C/C(=O)O. The van der Waals surface area contributed by atoms with Crippen LogP contribution in [0, 0.1) is 17.3 Å². The average molecular weight is 295 g/mol. The van der Waals surface area contributed by atoms with Crippen LogP contribution in [0.1, 0.15) is 38.5 Å². The molecule has 3 fully saturated rings. The molecule has 2 saturated carbocycles. The second kappa shape index (κ2) is 6.60. The average Bonchev–Trinajstić information content (AvgIpc) is 2.97. The van der Waals surface area contributed by atoms with Gasteiger partial charge in [0.1, 0.15) is 0 Å². The first-order valence-electron chi connectivity index (χ1n) is 7.74.